The second-order valence-electron chi connectivity index (χ2n) is 11.0. The minimum atomic E-state index is -0.407. The summed E-state index contributed by atoms with van der Waals surface area (Å²) in [6, 6.07) is 17.8. The molecular formula is C32H31ClN2O4S. The molecule has 0 aliphatic heterocycles. The summed E-state index contributed by atoms with van der Waals surface area (Å²) in [5, 5.41) is 4.29. The number of hydrogen-bond donors (Lipinski definition) is 1. The molecule has 4 aromatic rings. The molecule has 1 N–H and O–H groups in total. The fourth-order valence-corrected chi connectivity index (χ4v) is 6.37. The summed E-state index contributed by atoms with van der Waals surface area (Å²) < 4.78 is 10.8. The number of methoxy groups -OCH3 is 1. The smallest absolute Gasteiger partial charge is 0.337 e. The van der Waals surface area contributed by atoms with Gasteiger partial charge in [0.2, 0.25) is 0 Å². The van der Waals surface area contributed by atoms with E-state index in [1.54, 1.807) is 60.0 Å². The highest BCUT2D eigenvalue weighted by Crippen LogP contribution is 2.45. The number of hydrogen-bond acceptors (Lipinski definition) is 6. The first-order valence-electron chi connectivity index (χ1n) is 13.2. The fraction of sp³-hybridized carbons (Fsp3) is 0.281. The molecule has 6 nitrogen and oxygen atoms in total. The Labute approximate surface area is 243 Å². The number of esters is 1. The third kappa shape index (κ3) is 6.06. The Kier molecular flexibility index (Phi) is 7.97. The molecule has 0 fully saturated rings. The van der Waals surface area contributed by atoms with Gasteiger partial charge in [-0.15, -0.1) is 11.3 Å². The van der Waals surface area contributed by atoms with Gasteiger partial charge in [-0.25, -0.2) is 9.79 Å². The van der Waals surface area contributed by atoms with Crippen LogP contribution >= 0.6 is 22.9 Å². The average molecular weight is 575 g/mol. The minimum absolute atomic E-state index is 0.180. The Morgan fingerprint density at radius 1 is 1.12 bits per heavy atom. The predicted molar refractivity (Wildman–Crippen MR) is 161 cm³/mol. The van der Waals surface area contributed by atoms with Crippen molar-refractivity contribution in [2.45, 2.75) is 40.0 Å². The van der Waals surface area contributed by atoms with Crippen molar-refractivity contribution in [1.82, 2.24) is 0 Å². The number of nitrogens with one attached hydrogen (secondary N) is 1. The van der Waals surface area contributed by atoms with E-state index in [-0.39, 0.29) is 11.3 Å². The van der Waals surface area contributed by atoms with E-state index in [1.807, 2.05) is 18.2 Å². The number of aliphatic imine (C=N–C) groups is 1. The van der Waals surface area contributed by atoms with E-state index >= 15 is 0 Å². The number of amides is 1. The zero-order valence-electron chi connectivity index (χ0n) is 22.9. The molecule has 1 aliphatic carbocycles. The molecule has 8 heteroatoms. The summed E-state index contributed by atoms with van der Waals surface area (Å²) in [4.78, 5) is 31.5. The summed E-state index contributed by atoms with van der Waals surface area (Å²) in [6.07, 6.45) is 4.45. The maximum absolute atomic E-state index is 13.6. The molecule has 1 atom stereocenters. The monoisotopic (exact) mass is 574 g/mol. The Hall–Kier alpha value is -3.68. The average Bonchev–Trinajstić information content (AvgIpc) is 3.56. The number of furan rings is 1. The largest absolute Gasteiger partial charge is 0.465 e. The lowest BCUT2D eigenvalue weighted by molar-refractivity contribution is 0.0600. The van der Waals surface area contributed by atoms with E-state index in [0.29, 0.717) is 44.3 Å². The number of nitrogens with zero attached hydrogens (tertiary/aromatic N) is 1. The summed E-state index contributed by atoms with van der Waals surface area (Å²) in [5.74, 6) is 1.10. The molecule has 0 spiro atoms. The third-order valence-corrected chi connectivity index (χ3v) is 8.72. The lowest BCUT2D eigenvalue weighted by atomic mass is 9.72. The van der Waals surface area contributed by atoms with Gasteiger partial charge in [0, 0.05) is 21.2 Å². The van der Waals surface area contributed by atoms with Crippen LogP contribution in [0.25, 0.3) is 11.3 Å². The lowest BCUT2D eigenvalue weighted by Gasteiger charge is -2.33. The molecular weight excluding hydrogens is 544 g/mol. The highest BCUT2D eigenvalue weighted by atomic mass is 35.5. The number of anilines is 1. The van der Waals surface area contributed by atoms with Crippen LogP contribution in [0.4, 0.5) is 10.7 Å². The number of fused-ring (bicyclic) bond motifs is 1. The Bertz CT molecular complexity index is 1580. The highest BCUT2D eigenvalue weighted by molar-refractivity contribution is 7.16. The maximum atomic E-state index is 13.6. The first-order valence-corrected chi connectivity index (χ1v) is 14.4. The fourth-order valence-electron chi connectivity index (χ4n) is 4.98. The van der Waals surface area contributed by atoms with Gasteiger partial charge in [-0.3, -0.25) is 4.79 Å². The van der Waals surface area contributed by atoms with E-state index in [4.69, 9.17) is 25.7 Å². The van der Waals surface area contributed by atoms with Gasteiger partial charge in [0.25, 0.3) is 5.91 Å². The maximum Gasteiger partial charge on any atom is 0.337 e. The molecule has 0 unspecified atom stereocenters. The SMILES string of the molecule is COC(=O)c1cccc(-c2ccc(C=Nc3sc4c(c3C(=O)Nc3ccc(Cl)cc3)CC[C@@H](C(C)(C)C)C4)o2)c1. The molecule has 40 heavy (non-hydrogen) atoms. The van der Waals surface area contributed by atoms with E-state index in [0.717, 1.165) is 30.4 Å². The number of carbonyl (C=O) groups excluding carboxylic acids is 2. The third-order valence-electron chi connectivity index (χ3n) is 7.30. The molecule has 206 valence electrons. The van der Waals surface area contributed by atoms with Crippen LogP contribution in [0.1, 0.15) is 64.1 Å². The Morgan fingerprint density at radius 2 is 1.90 bits per heavy atom. The number of halogens is 1. The summed E-state index contributed by atoms with van der Waals surface area (Å²) in [7, 11) is 1.35. The van der Waals surface area contributed by atoms with Gasteiger partial charge in [0.05, 0.1) is 24.5 Å². The van der Waals surface area contributed by atoms with Gasteiger partial charge in [-0.05, 0) is 84.7 Å². The highest BCUT2D eigenvalue weighted by Gasteiger charge is 2.33. The molecule has 0 saturated heterocycles. The van der Waals surface area contributed by atoms with E-state index < -0.39 is 5.97 Å². The second-order valence-corrected chi connectivity index (χ2v) is 12.5. The molecule has 1 amide bonds. The molecule has 0 saturated carbocycles. The van der Waals surface area contributed by atoms with Crippen LogP contribution in [0, 0.1) is 11.3 Å². The molecule has 1 aliphatic rings. The standard InChI is InChI=1S/C32H31ClN2O4S/c1-32(2,3)21-8-14-25-27(17-21)40-30(28(25)29(36)35-23-11-9-22(33)10-12-23)34-18-24-13-15-26(39-24)19-6-5-7-20(16-19)31(37)38-4/h5-7,9-13,15-16,18,21H,8,14,17H2,1-4H3,(H,35,36)/t21-/m1/s1. The molecule has 2 aromatic carbocycles. The zero-order chi connectivity index (χ0) is 28.4. The molecule has 2 aromatic heterocycles. The van der Waals surface area contributed by atoms with Gasteiger partial charge in [0.15, 0.2) is 0 Å². The minimum Gasteiger partial charge on any atom is -0.465 e. The van der Waals surface area contributed by atoms with Crippen molar-refractivity contribution in [2.24, 2.45) is 16.3 Å². The van der Waals surface area contributed by atoms with Crippen molar-refractivity contribution in [3.05, 3.63) is 93.0 Å². The number of carbonyl (C=O) groups is 2. The molecule has 0 radical (unpaired) electrons. The second kappa shape index (κ2) is 11.4. The van der Waals surface area contributed by atoms with Crippen molar-refractivity contribution in [3.8, 4) is 11.3 Å². The van der Waals surface area contributed by atoms with Crippen LogP contribution in [-0.2, 0) is 17.6 Å². The summed E-state index contributed by atoms with van der Waals surface area (Å²) >= 11 is 7.61. The number of benzene rings is 2. The molecule has 0 bridgehead atoms. The zero-order valence-corrected chi connectivity index (χ0v) is 24.5. The van der Waals surface area contributed by atoms with E-state index in [1.165, 1.54) is 12.0 Å². The first kappa shape index (κ1) is 27.9. The van der Waals surface area contributed by atoms with Gasteiger partial charge < -0.3 is 14.5 Å². The van der Waals surface area contributed by atoms with Crippen molar-refractivity contribution in [2.75, 3.05) is 12.4 Å². The quantitative estimate of drug-likeness (QED) is 0.185. The Morgan fingerprint density at radius 3 is 2.62 bits per heavy atom. The van der Waals surface area contributed by atoms with E-state index in [2.05, 4.69) is 26.1 Å². The predicted octanol–water partition coefficient (Wildman–Crippen LogP) is 8.60. The van der Waals surface area contributed by atoms with Gasteiger partial charge in [-0.1, -0.05) is 44.5 Å². The van der Waals surface area contributed by atoms with Crippen LogP contribution < -0.4 is 5.32 Å². The summed E-state index contributed by atoms with van der Waals surface area (Å²) in [5.41, 5.74) is 3.77. The normalized spacial score (nSPS) is 15.2. The van der Waals surface area contributed by atoms with Crippen LogP contribution in [-0.4, -0.2) is 25.2 Å². The van der Waals surface area contributed by atoms with Gasteiger partial charge in [0.1, 0.15) is 16.5 Å². The van der Waals surface area contributed by atoms with Crippen LogP contribution in [0.5, 0.6) is 0 Å². The molecule has 2 heterocycles. The lowest BCUT2D eigenvalue weighted by Crippen LogP contribution is -2.27. The van der Waals surface area contributed by atoms with Crippen LogP contribution in [0.3, 0.4) is 0 Å². The van der Waals surface area contributed by atoms with Crippen LogP contribution in [0.15, 0.2) is 70.1 Å². The van der Waals surface area contributed by atoms with Gasteiger partial charge >= 0.3 is 5.97 Å². The molecule has 5 rings (SSSR count). The summed E-state index contributed by atoms with van der Waals surface area (Å²) in [6.45, 7) is 6.83. The van der Waals surface area contributed by atoms with Gasteiger partial charge in [-0.2, -0.15) is 0 Å². The van der Waals surface area contributed by atoms with E-state index in [9.17, 15) is 9.59 Å². The van der Waals surface area contributed by atoms with Crippen LogP contribution in [0.2, 0.25) is 5.02 Å². The van der Waals surface area contributed by atoms with Crippen molar-refractivity contribution in [3.63, 3.8) is 0 Å². The number of thiophene rings is 1. The van der Waals surface area contributed by atoms with Crippen molar-refractivity contribution in [1.29, 1.82) is 0 Å². The number of rotatable bonds is 6. The van der Waals surface area contributed by atoms with Crippen molar-refractivity contribution >= 4 is 51.7 Å². The Balaban J connectivity index is 1.45. The first-order chi connectivity index (χ1) is 19.1. The number of ether oxygens (including phenoxy) is 1. The topological polar surface area (TPSA) is 80.9 Å². The van der Waals surface area contributed by atoms with Crippen molar-refractivity contribution < 1.29 is 18.7 Å².